The number of amides is 1. The molecule has 128 valence electrons. The first-order valence-corrected chi connectivity index (χ1v) is 8.76. The first-order valence-electron chi connectivity index (χ1n) is 7.95. The van der Waals surface area contributed by atoms with E-state index in [4.69, 9.17) is 4.42 Å². The smallest absolute Gasteiger partial charge is 0.324 e. The Kier molecular flexibility index (Phi) is 5.27. The van der Waals surface area contributed by atoms with Gasteiger partial charge >= 0.3 is 5.00 Å². The van der Waals surface area contributed by atoms with Crippen LogP contribution in [0.4, 0.5) is 5.00 Å². The number of carbonyl (C=O) groups is 1. The number of carbonyl (C=O) groups excluding carboxylic acids is 1. The van der Waals surface area contributed by atoms with Crippen molar-refractivity contribution in [3.8, 4) is 0 Å². The maximum absolute atomic E-state index is 12.3. The lowest BCUT2D eigenvalue weighted by atomic mass is 10.1. The molecule has 0 saturated carbocycles. The first kappa shape index (κ1) is 16.7. The van der Waals surface area contributed by atoms with Gasteiger partial charge in [-0.15, -0.1) is 0 Å². The van der Waals surface area contributed by atoms with Gasteiger partial charge in [0.05, 0.1) is 22.1 Å². The van der Waals surface area contributed by atoms with Gasteiger partial charge in [0.25, 0.3) is 5.91 Å². The summed E-state index contributed by atoms with van der Waals surface area (Å²) in [6, 6.07) is 6.59. The largest absolute Gasteiger partial charge is 0.468 e. The average molecular weight is 349 g/mol. The van der Waals surface area contributed by atoms with E-state index in [0.29, 0.717) is 11.4 Å². The molecule has 0 spiro atoms. The van der Waals surface area contributed by atoms with Crippen molar-refractivity contribution in [1.82, 2.24) is 10.2 Å². The van der Waals surface area contributed by atoms with Gasteiger partial charge in [0.2, 0.25) is 0 Å². The summed E-state index contributed by atoms with van der Waals surface area (Å²) in [6.07, 6.45) is 5.15. The van der Waals surface area contributed by atoms with E-state index in [2.05, 4.69) is 10.2 Å². The Labute approximate surface area is 143 Å². The quantitative estimate of drug-likeness (QED) is 0.639. The van der Waals surface area contributed by atoms with Crippen molar-refractivity contribution in [2.75, 3.05) is 19.6 Å². The highest BCUT2D eigenvalue weighted by Gasteiger charge is 2.25. The Balaban J connectivity index is 1.66. The molecular formula is C16H19N3O4S. The maximum atomic E-state index is 12.3. The second kappa shape index (κ2) is 7.59. The molecule has 0 bridgehead atoms. The topological polar surface area (TPSA) is 88.6 Å². The third kappa shape index (κ3) is 3.82. The summed E-state index contributed by atoms with van der Waals surface area (Å²) in [4.78, 5) is 25.2. The highest BCUT2D eigenvalue weighted by Crippen LogP contribution is 2.26. The molecule has 0 unspecified atom stereocenters. The molecule has 1 amide bonds. The normalized spacial score (nSPS) is 16.7. The Bertz CT molecular complexity index is 692. The molecule has 8 heteroatoms. The third-order valence-corrected chi connectivity index (χ3v) is 5.19. The molecule has 1 saturated heterocycles. The van der Waals surface area contributed by atoms with Crippen LogP contribution in [0.25, 0.3) is 0 Å². The molecule has 2 aromatic rings. The van der Waals surface area contributed by atoms with Crippen molar-refractivity contribution in [2.45, 2.75) is 25.3 Å². The van der Waals surface area contributed by atoms with Crippen molar-refractivity contribution in [2.24, 2.45) is 0 Å². The third-order valence-electron chi connectivity index (χ3n) is 4.15. The van der Waals surface area contributed by atoms with Crippen LogP contribution in [0, 0.1) is 10.1 Å². The molecule has 1 fully saturated rings. The van der Waals surface area contributed by atoms with E-state index in [9.17, 15) is 14.9 Å². The fraction of sp³-hybridized carbons (Fsp3) is 0.438. The zero-order valence-corrected chi connectivity index (χ0v) is 14.0. The molecule has 0 aliphatic carbocycles. The van der Waals surface area contributed by atoms with Crippen molar-refractivity contribution in [3.05, 3.63) is 51.3 Å². The van der Waals surface area contributed by atoms with Crippen LogP contribution in [-0.4, -0.2) is 35.4 Å². The highest BCUT2D eigenvalue weighted by atomic mass is 32.1. The standard InChI is InChI=1S/C16H19N3O4S/c20-16(14-6-7-15(24-14)19(21)22)17-11-12(13-5-4-10-23-13)18-8-2-1-3-9-18/h4-7,10,12H,1-3,8-9,11H2,(H,17,20)/t12-/m1/s1. The molecular weight excluding hydrogens is 330 g/mol. The summed E-state index contributed by atoms with van der Waals surface area (Å²) in [5, 5.41) is 13.6. The predicted octanol–water partition coefficient (Wildman–Crippen LogP) is 3.21. The van der Waals surface area contributed by atoms with Crippen LogP contribution in [0.3, 0.4) is 0 Å². The fourth-order valence-corrected chi connectivity index (χ4v) is 3.68. The average Bonchev–Trinajstić information content (AvgIpc) is 3.28. The summed E-state index contributed by atoms with van der Waals surface area (Å²) in [7, 11) is 0. The number of nitrogens with zero attached hydrogens (tertiary/aromatic N) is 2. The number of likely N-dealkylation sites (tertiary alicyclic amines) is 1. The number of hydrogen-bond acceptors (Lipinski definition) is 6. The predicted molar refractivity (Wildman–Crippen MR) is 90.2 cm³/mol. The van der Waals surface area contributed by atoms with Crippen LogP contribution in [0.5, 0.6) is 0 Å². The lowest BCUT2D eigenvalue weighted by molar-refractivity contribution is -0.380. The number of piperidine rings is 1. The monoisotopic (exact) mass is 349 g/mol. The maximum Gasteiger partial charge on any atom is 0.324 e. The van der Waals surface area contributed by atoms with Crippen molar-refractivity contribution in [3.63, 3.8) is 0 Å². The Hall–Kier alpha value is -2.19. The van der Waals surface area contributed by atoms with Crippen LogP contribution in [-0.2, 0) is 0 Å². The second-order valence-electron chi connectivity index (χ2n) is 5.73. The number of nitro groups is 1. The van der Waals surface area contributed by atoms with E-state index in [1.807, 2.05) is 12.1 Å². The van der Waals surface area contributed by atoms with Crippen molar-refractivity contribution < 1.29 is 14.1 Å². The number of rotatable bonds is 6. The first-order chi connectivity index (χ1) is 11.6. The van der Waals surface area contributed by atoms with Gasteiger partial charge in [-0.3, -0.25) is 19.8 Å². The fourth-order valence-electron chi connectivity index (χ4n) is 2.94. The summed E-state index contributed by atoms with van der Waals surface area (Å²) in [5.41, 5.74) is 0. The molecule has 24 heavy (non-hydrogen) atoms. The van der Waals surface area contributed by atoms with Crippen LogP contribution in [0.1, 0.15) is 40.7 Å². The van der Waals surface area contributed by atoms with Gasteiger partial charge in [0, 0.05) is 12.6 Å². The van der Waals surface area contributed by atoms with Gasteiger partial charge in [-0.25, -0.2) is 0 Å². The van der Waals surface area contributed by atoms with Gasteiger partial charge < -0.3 is 9.73 Å². The van der Waals surface area contributed by atoms with Gasteiger partial charge in [0.1, 0.15) is 5.76 Å². The molecule has 3 rings (SSSR count). The van der Waals surface area contributed by atoms with Crippen LogP contribution < -0.4 is 5.32 Å². The molecule has 1 atom stereocenters. The Morgan fingerprint density at radius 3 is 2.75 bits per heavy atom. The number of hydrogen-bond donors (Lipinski definition) is 1. The van der Waals surface area contributed by atoms with Gasteiger partial charge in [0.15, 0.2) is 0 Å². The van der Waals surface area contributed by atoms with Gasteiger partial charge in [-0.1, -0.05) is 17.8 Å². The molecule has 2 aromatic heterocycles. The molecule has 1 aliphatic rings. The van der Waals surface area contributed by atoms with E-state index in [1.165, 1.54) is 18.6 Å². The van der Waals surface area contributed by atoms with Crippen molar-refractivity contribution >= 4 is 22.2 Å². The molecule has 1 aliphatic heterocycles. The van der Waals surface area contributed by atoms with E-state index in [1.54, 1.807) is 6.26 Å². The summed E-state index contributed by atoms with van der Waals surface area (Å²) in [6.45, 7) is 2.37. The second-order valence-corrected chi connectivity index (χ2v) is 6.80. The van der Waals surface area contributed by atoms with E-state index in [-0.39, 0.29) is 17.0 Å². The Morgan fingerprint density at radius 2 is 2.12 bits per heavy atom. The summed E-state index contributed by atoms with van der Waals surface area (Å²) < 4.78 is 5.54. The zero-order chi connectivity index (χ0) is 16.9. The summed E-state index contributed by atoms with van der Waals surface area (Å²) in [5.74, 6) is 0.538. The number of thiophene rings is 1. The lowest BCUT2D eigenvalue weighted by Crippen LogP contribution is -2.40. The van der Waals surface area contributed by atoms with Crippen LogP contribution in [0.2, 0.25) is 0 Å². The van der Waals surface area contributed by atoms with Crippen molar-refractivity contribution in [1.29, 1.82) is 0 Å². The molecule has 0 radical (unpaired) electrons. The Morgan fingerprint density at radius 1 is 1.33 bits per heavy atom. The molecule has 7 nitrogen and oxygen atoms in total. The van der Waals surface area contributed by atoms with Crippen LogP contribution in [0.15, 0.2) is 34.9 Å². The van der Waals surface area contributed by atoms with E-state index in [0.717, 1.165) is 43.0 Å². The molecule has 0 aromatic carbocycles. The number of furan rings is 1. The van der Waals surface area contributed by atoms with E-state index >= 15 is 0 Å². The minimum Gasteiger partial charge on any atom is -0.468 e. The summed E-state index contributed by atoms with van der Waals surface area (Å²) >= 11 is 0.886. The van der Waals surface area contributed by atoms with Crippen LogP contribution >= 0.6 is 11.3 Å². The highest BCUT2D eigenvalue weighted by molar-refractivity contribution is 7.17. The van der Waals surface area contributed by atoms with Gasteiger partial charge in [-0.2, -0.15) is 0 Å². The molecule has 1 N–H and O–H groups in total. The minimum absolute atomic E-state index is 0.0146. The SMILES string of the molecule is O=C(NC[C@H](c1ccco1)N1CCCCC1)c1ccc([N+](=O)[O-])s1. The molecule has 3 heterocycles. The van der Waals surface area contributed by atoms with E-state index < -0.39 is 4.92 Å². The number of nitrogens with one attached hydrogen (secondary N) is 1. The lowest BCUT2D eigenvalue weighted by Gasteiger charge is -2.33. The zero-order valence-electron chi connectivity index (χ0n) is 13.1. The van der Waals surface area contributed by atoms with Gasteiger partial charge in [-0.05, 0) is 44.1 Å². The minimum atomic E-state index is -0.485.